The Morgan fingerprint density at radius 1 is 0.724 bits per heavy atom. The minimum Gasteiger partial charge on any atom is -0.325 e. The number of unbranched alkanes of at least 4 members (excludes halogenated alkanes) is 11. The van der Waals surface area contributed by atoms with Crippen molar-refractivity contribution in [2.45, 2.75) is 140 Å². The first-order valence-electron chi connectivity index (χ1n) is 11.9. The number of rotatable bonds is 18. The van der Waals surface area contributed by atoms with E-state index in [0.717, 1.165) is 12.8 Å². The normalized spacial score (nSPS) is 15.3. The molecule has 0 fully saturated rings. The standard InChI is InChI=1S/C25H50Cl2N2/c1-7-9-10-11-12-13-14-15-16-17-18-19-21-24(29,20-8-2)25(26,27)22(3,4)23(5,6)28/h8H,2,7,9-21,28-29H2,1,3-6H3. The van der Waals surface area contributed by atoms with Crippen molar-refractivity contribution in [3.63, 3.8) is 0 Å². The molecular formula is C25H50Cl2N2. The molecule has 0 aromatic rings. The zero-order valence-corrected chi connectivity index (χ0v) is 21.6. The summed E-state index contributed by atoms with van der Waals surface area (Å²) in [4.78, 5) is 0. The van der Waals surface area contributed by atoms with Gasteiger partial charge >= 0.3 is 0 Å². The molecule has 174 valence electrons. The van der Waals surface area contributed by atoms with E-state index in [1.165, 1.54) is 70.6 Å². The highest BCUT2D eigenvalue weighted by atomic mass is 35.5. The van der Waals surface area contributed by atoms with Gasteiger partial charge in [0.2, 0.25) is 0 Å². The van der Waals surface area contributed by atoms with Crippen LogP contribution in [0.3, 0.4) is 0 Å². The zero-order valence-electron chi connectivity index (χ0n) is 20.1. The summed E-state index contributed by atoms with van der Waals surface area (Å²) in [5, 5.41) is 0. The molecule has 0 radical (unpaired) electrons. The molecule has 1 atom stereocenters. The third kappa shape index (κ3) is 9.09. The summed E-state index contributed by atoms with van der Waals surface area (Å²) in [6.45, 7) is 14.1. The Morgan fingerprint density at radius 3 is 1.45 bits per heavy atom. The van der Waals surface area contributed by atoms with E-state index in [2.05, 4.69) is 13.5 Å². The number of hydrogen-bond donors (Lipinski definition) is 2. The van der Waals surface area contributed by atoms with Crippen molar-refractivity contribution in [2.75, 3.05) is 0 Å². The third-order valence-corrected chi connectivity index (χ3v) is 8.70. The lowest BCUT2D eigenvalue weighted by Crippen LogP contribution is -2.67. The maximum atomic E-state index is 6.95. The van der Waals surface area contributed by atoms with Gasteiger partial charge in [0.25, 0.3) is 0 Å². The van der Waals surface area contributed by atoms with Gasteiger partial charge in [0.1, 0.15) is 4.33 Å². The number of hydrogen-bond acceptors (Lipinski definition) is 2. The first kappa shape index (κ1) is 29.2. The van der Waals surface area contributed by atoms with Crippen molar-refractivity contribution in [3.8, 4) is 0 Å². The molecule has 0 amide bonds. The highest BCUT2D eigenvalue weighted by Gasteiger charge is 2.59. The largest absolute Gasteiger partial charge is 0.325 e. The minimum atomic E-state index is -1.15. The van der Waals surface area contributed by atoms with Crippen molar-refractivity contribution >= 4 is 23.2 Å². The predicted octanol–water partition coefficient (Wildman–Crippen LogP) is 8.29. The third-order valence-electron chi connectivity index (χ3n) is 7.01. The van der Waals surface area contributed by atoms with Crippen molar-refractivity contribution in [1.82, 2.24) is 0 Å². The Bertz CT molecular complexity index is 441. The lowest BCUT2D eigenvalue weighted by molar-refractivity contribution is 0.115. The molecule has 0 aliphatic carbocycles. The molecule has 0 aromatic heterocycles. The molecule has 0 saturated carbocycles. The van der Waals surface area contributed by atoms with Crippen LogP contribution in [0, 0.1) is 5.41 Å². The van der Waals surface area contributed by atoms with E-state index in [-0.39, 0.29) is 0 Å². The Labute approximate surface area is 192 Å². The van der Waals surface area contributed by atoms with Crippen LogP contribution in [0.1, 0.15) is 125 Å². The van der Waals surface area contributed by atoms with Crippen LogP contribution < -0.4 is 11.5 Å². The molecule has 1 unspecified atom stereocenters. The predicted molar refractivity (Wildman–Crippen MR) is 134 cm³/mol. The van der Waals surface area contributed by atoms with Crippen LogP contribution in [0.25, 0.3) is 0 Å². The molecule has 4 heteroatoms. The Balaban J connectivity index is 4.36. The van der Waals surface area contributed by atoms with E-state index in [4.69, 9.17) is 34.7 Å². The topological polar surface area (TPSA) is 52.0 Å². The molecule has 0 spiro atoms. The molecule has 4 N–H and O–H groups in total. The van der Waals surface area contributed by atoms with Gasteiger partial charge in [-0.3, -0.25) is 0 Å². The Hall–Kier alpha value is 0.240. The van der Waals surface area contributed by atoms with Gasteiger partial charge in [-0.05, 0) is 26.7 Å². The van der Waals surface area contributed by atoms with Crippen LogP contribution in [0.15, 0.2) is 12.7 Å². The maximum Gasteiger partial charge on any atom is 0.143 e. The van der Waals surface area contributed by atoms with Crippen molar-refractivity contribution < 1.29 is 0 Å². The van der Waals surface area contributed by atoms with E-state index in [9.17, 15) is 0 Å². The average molecular weight is 450 g/mol. The van der Waals surface area contributed by atoms with Crippen LogP contribution in [0.4, 0.5) is 0 Å². The van der Waals surface area contributed by atoms with Crippen LogP contribution in [0.5, 0.6) is 0 Å². The summed E-state index contributed by atoms with van der Waals surface area (Å²) in [7, 11) is 0. The highest BCUT2D eigenvalue weighted by molar-refractivity contribution is 6.50. The van der Waals surface area contributed by atoms with Crippen LogP contribution >= 0.6 is 23.2 Å². The van der Waals surface area contributed by atoms with Gasteiger partial charge in [0, 0.05) is 11.0 Å². The van der Waals surface area contributed by atoms with Gasteiger partial charge in [0.05, 0.1) is 5.54 Å². The summed E-state index contributed by atoms with van der Waals surface area (Å²) in [5.41, 5.74) is 11.4. The second-order valence-electron chi connectivity index (χ2n) is 10.2. The first-order valence-corrected chi connectivity index (χ1v) is 12.7. The van der Waals surface area contributed by atoms with Gasteiger partial charge in [-0.25, -0.2) is 0 Å². The molecule has 0 bridgehead atoms. The second-order valence-corrected chi connectivity index (χ2v) is 11.5. The lowest BCUT2D eigenvalue weighted by Gasteiger charge is -2.54. The van der Waals surface area contributed by atoms with E-state index < -0.39 is 20.8 Å². The van der Waals surface area contributed by atoms with Crippen molar-refractivity contribution in [3.05, 3.63) is 12.7 Å². The fraction of sp³-hybridized carbons (Fsp3) is 0.920. The van der Waals surface area contributed by atoms with E-state index in [1.54, 1.807) is 0 Å². The SMILES string of the molecule is C=CCC(N)(CCCCCCCCCCCCCC)C(Cl)(Cl)C(C)(C)C(C)(C)N. The highest BCUT2D eigenvalue weighted by Crippen LogP contribution is 2.54. The summed E-state index contributed by atoms with van der Waals surface area (Å²) in [6.07, 6.45) is 19.0. The molecule has 2 nitrogen and oxygen atoms in total. The number of nitrogens with two attached hydrogens (primary N) is 2. The number of halogens is 2. The summed E-state index contributed by atoms with van der Waals surface area (Å²) < 4.78 is -1.15. The van der Waals surface area contributed by atoms with Gasteiger partial charge in [-0.15, -0.1) is 6.58 Å². The quantitative estimate of drug-likeness (QED) is 0.126. The fourth-order valence-corrected chi connectivity index (χ4v) is 4.78. The molecule has 0 aliphatic heterocycles. The summed E-state index contributed by atoms with van der Waals surface area (Å²) in [5.74, 6) is 0. The van der Waals surface area contributed by atoms with Crippen molar-refractivity contribution in [2.24, 2.45) is 16.9 Å². The van der Waals surface area contributed by atoms with Gasteiger partial charge < -0.3 is 11.5 Å². The first-order chi connectivity index (χ1) is 13.4. The smallest absolute Gasteiger partial charge is 0.143 e. The second kappa shape index (κ2) is 13.6. The van der Waals surface area contributed by atoms with Crippen LogP contribution in [-0.4, -0.2) is 15.4 Å². The van der Waals surface area contributed by atoms with Gasteiger partial charge in [-0.2, -0.15) is 0 Å². The Kier molecular flexibility index (Phi) is 13.7. The molecule has 0 aromatic carbocycles. The molecule has 0 saturated heterocycles. The van der Waals surface area contributed by atoms with Crippen LogP contribution in [0.2, 0.25) is 0 Å². The Morgan fingerprint density at radius 2 is 1.10 bits per heavy atom. The molecular weight excluding hydrogens is 399 g/mol. The fourth-order valence-electron chi connectivity index (χ4n) is 3.95. The average Bonchev–Trinajstić information content (AvgIpc) is 2.61. The van der Waals surface area contributed by atoms with Crippen LogP contribution in [-0.2, 0) is 0 Å². The van der Waals surface area contributed by atoms with E-state index in [0.29, 0.717) is 6.42 Å². The van der Waals surface area contributed by atoms with Gasteiger partial charge in [-0.1, -0.05) is 127 Å². The zero-order chi connectivity index (χ0) is 22.6. The van der Waals surface area contributed by atoms with E-state index >= 15 is 0 Å². The molecule has 0 rings (SSSR count). The van der Waals surface area contributed by atoms with Gasteiger partial charge in [0.15, 0.2) is 0 Å². The monoisotopic (exact) mass is 448 g/mol. The molecule has 0 aliphatic rings. The van der Waals surface area contributed by atoms with Crippen molar-refractivity contribution in [1.29, 1.82) is 0 Å². The molecule has 0 heterocycles. The number of alkyl halides is 2. The lowest BCUT2D eigenvalue weighted by atomic mass is 9.65. The summed E-state index contributed by atoms with van der Waals surface area (Å²) >= 11 is 13.9. The summed E-state index contributed by atoms with van der Waals surface area (Å²) in [6, 6.07) is 0. The minimum absolute atomic E-state index is 0.557. The van der Waals surface area contributed by atoms with E-state index in [1.807, 2.05) is 33.8 Å². The maximum absolute atomic E-state index is 6.95. The molecule has 29 heavy (non-hydrogen) atoms.